The Kier molecular flexibility index (Phi) is 2.87. The Morgan fingerprint density at radius 1 is 1.27 bits per heavy atom. The van der Waals surface area contributed by atoms with Crippen LogP contribution in [0.1, 0.15) is 17.3 Å². The second-order valence-electron chi connectivity index (χ2n) is 2.14. The fourth-order valence-electron chi connectivity index (χ4n) is 0.736. The van der Waals surface area contributed by atoms with Gasteiger partial charge in [-0.2, -0.15) is 0 Å². The molecule has 0 saturated heterocycles. The van der Waals surface area contributed by atoms with Gasteiger partial charge in [-0.15, -0.1) is 0 Å². The summed E-state index contributed by atoms with van der Waals surface area (Å²) < 4.78 is 11.3. The highest BCUT2D eigenvalue weighted by Gasteiger charge is 1.97. The molecule has 0 atom stereocenters. The van der Waals surface area contributed by atoms with Gasteiger partial charge < -0.3 is 0 Å². The van der Waals surface area contributed by atoms with Crippen molar-refractivity contribution in [2.75, 3.05) is 0 Å². The monoisotopic (exact) mass is 262 g/mol. The summed E-state index contributed by atoms with van der Waals surface area (Å²) >= 11 is -1.08. The Morgan fingerprint density at radius 2 is 1.82 bits per heavy atom. The van der Waals surface area contributed by atoms with Crippen LogP contribution in [0.2, 0.25) is 0 Å². The Labute approximate surface area is 75.3 Å². The van der Waals surface area contributed by atoms with E-state index in [0.717, 1.165) is 3.57 Å². The zero-order valence-electron chi connectivity index (χ0n) is 6.00. The van der Waals surface area contributed by atoms with Crippen LogP contribution in [0.25, 0.3) is 0 Å². The summed E-state index contributed by atoms with van der Waals surface area (Å²) in [5, 5.41) is 0. The van der Waals surface area contributed by atoms with E-state index < -0.39 is 21.2 Å². The Bertz CT molecular complexity index is 277. The van der Waals surface area contributed by atoms with E-state index in [4.69, 9.17) is 0 Å². The lowest BCUT2D eigenvalue weighted by atomic mass is 10.2. The zero-order chi connectivity index (χ0) is 8.27. The van der Waals surface area contributed by atoms with Gasteiger partial charge in [-0.05, 0) is 19.1 Å². The average Bonchev–Trinajstić information content (AvgIpc) is 2.05. The molecule has 1 rings (SSSR count). The number of halogens is 1. The topological polar surface area (TPSA) is 34.1 Å². The lowest BCUT2D eigenvalue weighted by Crippen LogP contribution is -1.90. The molecule has 0 spiro atoms. The van der Waals surface area contributed by atoms with Crippen molar-refractivity contribution in [3.63, 3.8) is 0 Å². The van der Waals surface area contributed by atoms with Crippen LogP contribution < -0.4 is 0 Å². The first-order chi connectivity index (χ1) is 5.24. The molecule has 1 aromatic carbocycles. The van der Waals surface area contributed by atoms with Gasteiger partial charge in [0.15, 0.2) is 27.0 Å². The molecule has 0 fully saturated rings. The van der Waals surface area contributed by atoms with Crippen LogP contribution in [0.4, 0.5) is 0 Å². The number of carbonyl (C=O) groups is 1. The molecule has 0 heterocycles. The van der Waals surface area contributed by atoms with Crippen molar-refractivity contribution in [1.29, 1.82) is 0 Å². The van der Waals surface area contributed by atoms with E-state index in [2.05, 4.69) is 0 Å². The summed E-state index contributed by atoms with van der Waals surface area (Å²) in [5.74, 6) is 0.0423. The van der Waals surface area contributed by atoms with E-state index in [1.165, 1.54) is 6.92 Å². The second-order valence-corrected chi connectivity index (χ2v) is 3.83. The third-order valence-corrected chi connectivity index (χ3v) is 2.57. The Hall–Kier alpha value is -0.580. The van der Waals surface area contributed by atoms with Gasteiger partial charge in [-0.3, -0.25) is 7.86 Å². The summed E-state index contributed by atoms with van der Waals surface area (Å²) in [6.07, 6.45) is 0. The van der Waals surface area contributed by atoms with Crippen LogP contribution in [0.3, 0.4) is 0 Å². The quantitative estimate of drug-likeness (QED) is 0.605. The van der Waals surface area contributed by atoms with Gasteiger partial charge >= 0.3 is 0 Å². The van der Waals surface area contributed by atoms with E-state index in [1.54, 1.807) is 24.3 Å². The SMILES string of the molecule is CC(=O)c1ccc(I=O)cc1. The number of carbonyl (C=O) groups excluding carboxylic acids is 1. The maximum Gasteiger partial charge on any atom is 0.182 e. The van der Waals surface area contributed by atoms with Crippen molar-refractivity contribution in [3.05, 3.63) is 33.4 Å². The van der Waals surface area contributed by atoms with Crippen molar-refractivity contribution in [2.45, 2.75) is 6.92 Å². The van der Waals surface area contributed by atoms with Crippen molar-refractivity contribution < 1.29 is 7.86 Å². The number of ketones is 1. The first-order valence-corrected chi connectivity index (χ1v) is 5.08. The largest absolute Gasteiger partial charge is 0.295 e. The van der Waals surface area contributed by atoms with Crippen LogP contribution in [0, 0.1) is 3.57 Å². The van der Waals surface area contributed by atoms with Crippen LogP contribution in [-0.4, -0.2) is 5.78 Å². The summed E-state index contributed by atoms with van der Waals surface area (Å²) in [7, 11) is 0. The maximum absolute atomic E-state index is 10.8. The van der Waals surface area contributed by atoms with E-state index in [0.29, 0.717) is 5.56 Å². The van der Waals surface area contributed by atoms with Crippen molar-refractivity contribution in [1.82, 2.24) is 0 Å². The van der Waals surface area contributed by atoms with Gasteiger partial charge in [-0.1, -0.05) is 12.1 Å². The highest BCUT2D eigenvalue weighted by molar-refractivity contribution is 14.1. The summed E-state index contributed by atoms with van der Waals surface area (Å²) in [6.45, 7) is 1.52. The van der Waals surface area contributed by atoms with Crippen LogP contribution in [0.5, 0.6) is 0 Å². The van der Waals surface area contributed by atoms with Gasteiger partial charge in [0.25, 0.3) is 0 Å². The molecule has 0 N–H and O–H groups in total. The zero-order valence-corrected chi connectivity index (χ0v) is 8.16. The fraction of sp³-hybridized carbons (Fsp3) is 0.125. The predicted octanol–water partition coefficient (Wildman–Crippen LogP) is 2.38. The molecule has 0 bridgehead atoms. The Balaban J connectivity index is 3.00. The second kappa shape index (κ2) is 3.71. The fourth-order valence-corrected chi connectivity index (χ4v) is 1.39. The minimum Gasteiger partial charge on any atom is -0.295 e. The third-order valence-electron chi connectivity index (χ3n) is 1.34. The van der Waals surface area contributed by atoms with Gasteiger partial charge in [0.05, 0.1) is 0 Å². The van der Waals surface area contributed by atoms with E-state index in [-0.39, 0.29) is 5.78 Å². The van der Waals surface area contributed by atoms with Gasteiger partial charge in [0, 0.05) is 9.13 Å². The molecule has 58 valence electrons. The summed E-state index contributed by atoms with van der Waals surface area (Å²) in [5.41, 5.74) is 0.672. The number of hydrogen-bond donors (Lipinski definition) is 0. The summed E-state index contributed by atoms with van der Waals surface area (Å²) in [6, 6.07) is 6.87. The highest BCUT2D eigenvalue weighted by atomic mass is 127. The number of rotatable bonds is 2. The molecule has 3 heteroatoms. The normalized spacial score (nSPS) is 9.55. The van der Waals surface area contributed by atoms with Gasteiger partial charge in [0.1, 0.15) is 0 Å². The summed E-state index contributed by atoms with van der Waals surface area (Å²) in [4.78, 5) is 10.8. The van der Waals surface area contributed by atoms with Crippen molar-refractivity contribution >= 4 is 27.0 Å². The van der Waals surface area contributed by atoms with Crippen LogP contribution in [0.15, 0.2) is 24.3 Å². The Morgan fingerprint density at radius 3 is 2.18 bits per heavy atom. The minimum atomic E-state index is -1.08. The van der Waals surface area contributed by atoms with Crippen LogP contribution in [-0.2, 0) is 3.07 Å². The first-order valence-electron chi connectivity index (χ1n) is 3.12. The molecule has 1 aromatic rings. The molecule has 2 nitrogen and oxygen atoms in total. The smallest absolute Gasteiger partial charge is 0.182 e. The predicted molar refractivity (Wildman–Crippen MR) is 49.9 cm³/mol. The van der Waals surface area contributed by atoms with E-state index in [1.807, 2.05) is 0 Å². The van der Waals surface area contributed by atoms with E-state index in [9.17, 15) is 7.86 Å². The number of hydrogen-bond acceptors (Lipinski definition) is 2. The maximum atomic E-state index is 10.8. The van der Waals surface area contributed by atoms with E-state index >= 15 is 0 Å². The molecular formula is C8H7IO2. The molecular weight excluding hydrogens is 255 g/mol. The molecule has 0 aliphatic carbocycles. The molecule has 0 aromatic heterocycles. The molecule has 0 saturated carbocycles. The molecule has 0 amide bonds. The minimum absolute atomic E-state index is 0.0423. The highest BCUT2D eigenvalue weighted by Crippen LogP contribution is 2.10. The number of benzene rings is 1. The lowest BCUT2D eigenvalue weighted by molar-refractivity contribution is 0.101. The molecule has 0 unspecified atom stereocenters. The first kappa shape index (κ1) is 8.52. The lowest BCUT2D eigenvalue weighted by Gasteiger charge is -1.92. The van der Waals surface area contributed by atoms with Crippen LogP contribution >= 0.6 is 21.2 Å². The average molecular weight is 262 g/mol. The number of Topliss-reactive ketones (excluding diaryl/α,β-unsaturated/α-hetero) is 1. The van der Waals surface area contributed by atoms with Crippen molar-refractivity contribution in [3.8, 4) is 0 Å². The van der Waals surface area contributed by atoms with Crippen molar-refractivity contribution in [2.24, 2.45) is 0 Å². The molecule has 11 heavy (non-hydrogen) atoms. The third kappa shape index (κ3) is 2.18. The van der Waals surface area contributed by atoms with Gasteiger partial charge in [-0.25, -0.2) is 0 Å². The molecule has 0 radical (unpaired) electrons. The molecule has 0 aliphatic rings. The molecule has 0 aliphatic heterocycles. The van der Waals surface area contributed by atoms with Gasteiger partial charge in [0.2, 0.25) is 0 Å². The standard InChI is InChI=1S/C8H7IO2/c1-6(10)7-2-4-8(9-11)5-3-7/h2-5H,1H3.